The number of amides is 1. The number of likely N-dealkylation sites (tertiary alicyclic amines) is 1. The van der Waals surface area contributed by atoms with E-state index in [0.717, 1.165) is 35.1 Å². The molecule has 0 saturated carbocycles. The first kappa shape index (κ1) is 26.2. The van der Waals surface area contributed by atoms with Gasteiger partial charge in [0.25, 0.3) is 10.0 Å². The zero-order chi connectivity index (χ0) is 25.5. The average molecular weight is 526 g/mol. The second-order valence-electron chi connectivity index (χ2n) is 9.16. The van der Waals surface area contributed by atoms with Gasteiger partial charge in [0.05, 0.1) is 15.6 Å². The minimum Gasteiger partial charge on any atom is -0.350 e. The molecule has 1 fully saturated rings. The first-order valence-electron chi connectivity index (χ1n) is 12.2. The van der Waals surface area contributed by atoms with Gasteiger partial charge in [0.2, 0.25) is 5.91 Å². The van der Waals surface area contributed by atoms with Crippen molar-refractivity contribution >= 4 is 33.2 Å². The number of benzene rings is 3. The van der Waals surface area contributed by atoms with Crippen molar-refractivity contribution in [1.29, 1.82) is 0 Å². The highest BCUT2D eigenvalue weighted by Gasteiger charge is 2.28. The number of anilines is 1. The van der Waals surface area contributed by atoms with E-state index < -0.39 is 15.9 Å². The van der Waals surface area contributed by atoms with Gasteiger partial charge in [-0.2, -0.15) is 0 Å². The molecular weight excluding hydrogens is 494 g/mol. The summed E-state index contributed by atoms with van der Waals surface area (Å²) >= 11 is 6.37. The van der Waals surface area contributed by atoms with E-state index in [1.807, 2.05) is 25.1 Å². The fraction of sp³-hybridized carbons (Fsp3) is 0.321. The molecule has 0 unspecified atom stereocenters. The summed E-state index contributed by atoms with van der Waals surface area (Å²) in [6, 6.07) is 21.3. The Kier molecular flexibility index (Phi) is 8.67. The maximum Gasteiger partial charge on any atom is 0.264 e. The summed E-state index contributed by atoms with van der Waals surface area (Å²) in [4.78, 5) is 15.6. The van der Waals surface area contributed by atoms with Crippen LogP contribution in [0.25, 0.3) is 0 Å². The summed E-state index contributed by atoms with van der Waals surface area (Å²) in [5, 5.41) is 3.18. The third-order valence-corrected chi connectivity index (χ3v) is 8.55. The van der Waals surface area contributed by atoms with Crippen LogP contribution in [0.4, 0.5) is 5.69 Å². The Balaban J connectivity index is 1.51. The topological polar surface area (TPSA) is 69.7 Å². The summed E-state index contributed by atoms with van der Waals surface area (Å²) in [7, 11) is -4.02. The minimum absolute atomic E-state index is 0.104. The molecule has 1 aliphatic rings. The summed E-state index contributed by atoms with van der Waals surface area (Å²) in [6.45, 7) is 4.85. The van der Waals surface area contributed by atoms with Crippen LogP contribution < -0.4 is 9.62 Å². The van der Waals surface area contributed by atoms with E-state index in [0.29, 0.717) is 6.54 Å². The van der Waals surface area contributed by atoms with Crippen molar-refractivity contribution in [3.63, 3.8) is 0 Å². The van der Waals surface area contributed by atoms with Crippen LogP contribution in [0.5, 0.6) is 0 Å². The van der Waals surface area contributed by atoms with Gasteiger partial charge in [-0.05, 0) is 68.2 Å². The van der Waals surface area contributed by atoms with Crippen LogP contribution in [0.15, 0.2) is 77.7 Å². The van der Waals surface area contributed by atoms with Gasteiger partial charge in [-0.25, -0.2) is 8.42 Å². The standard InChI is InChI=1S/C28H32ClN3O3S/c1-22-13-15-25(16-14-22)36(34,35)32(27-12-6-5-11-26(27)29)21-28(33)30-19-23-9-3-4-10-24(23)20-31-17-7-2-8-18-31/h3-6,9-16H,2,7-8,17-21H2,1H3,(H,30,33). The van der Waals surface area contributed by atoms with Crippen molar-refractivity contribution in [2.24, 2.45) is 0 Å². The Labute approximate surface area is 218 Å². The third-order valence-electron chi connectivity index (χ3n) is 6.45. The van der Waals surface area contributed by atoms with Crippen molar-refractivity contribution in [2.45, 2.75) is 44.2 Å². The number of hydrogen-bond donors (Lipinski definition) is 1. The maximum atomic E-state index is 13.6. The fourth-order valence-electron chi connectivity index (χ4n) is 4.41. The number of para-hydroxylation sites is 1. The van der Waals surface area contributed by atoms with E-state index in [2.05, 4.69) is 16.3 Å². The maximum absolute atomic E-state index is 13.6. The number of aryl methyl sites for hydroxylation is 1. The van der Waals surface area contributed by atoms with Crippen LogP contribution in [0.2, 0.25) is 5.02 Å². The van der Waals surface area contributed by atoms with Gasteiger partial charge < -0.3 is 5.32 Å². The van der Waals surface area contributed by atoms with E-state index in [9.17, 15) is 13.2 Å². The average Bonchev–Trinajstić information content (AvgIpc) is 2.88. The predicted octanol–water partition coefficient (Wildman–Crippen LogP) is 5.15. The molecule has 1 saturated heterocycles. The van der Waals surface area contributed by atoms with Crippen LogP contribution in [0.1, 0.15) is 36.0 Å². The molecule has 3 aromatic carbocycles. The van der Waals surface area contributed by atoms with Crippen LogP contribution in [0, 0.1) is 6.92 Å². The van der Waals surface area contributed by atoms with E-state index in [1.165, 1.54) is 24.8 Å². The number of piperidine rings is 1. The van der Waals surface area contributed by atoms with E-state index in [1.54, 1.807) is 48.5 Å². The van der Waals surface area contributed by atoms with Gasteiger partial charge in [-0.3, -0.25) is 14.0 Å². The molecule has 1 amide bonds. The first-order valence-corrected chi connectivity index (χ1v) is 14.1. The zero-order valence-corrected chi connectivity index (χ0v) is 22.1. The van der Waals surface area contributed by atoms with Gasteiger partial charge in [-0.1, -0.05) is 72.1 Å². The van der Waals surface area contributed by atoms with Crippen molar-refractivity contribution in [3.05, 3.63) is 94.5 Å². The number of carbonyl (C=O) groups excluding carboxylic acids is 1. The number of carbonyl (C=O) groups is 1. The van der Waals surface area contributed by atoms with Crippen LogP contribution in [-0.2, 0) is 27.9 Å². The number of halogens is 1. The number of hydrogen-bond acceptors (Lipinski definition) is 4. The zero-order valence-electron chi connectivity index (χ0n) is 20.5. The summed E-state index contributed by atoms with van der Waals surface area (Å²) in [6.07, 6.45) is 3.71. The highest BCUT2D eigenvalue weighted by atomic mass is 35.5. The molecule has 1 N–H and O–H groups in total. The Bertz CT molecular complexity index is 1290. The largest absolute Gasteiger partial charge is 0.350 e. The lowest BCUT2D eigenvalue weighted by molar-refractivity contribution is -0.119. The van der Waals surface area contributed by atoms with Gasteiger partial charge in [-0.15, -0.1) is 0 Å². The summed E-state index contributed by atoms with van der Waals surface area (Å²) in [5.74, 6) is -0.404. The molecule has 0 aromatic heterocycles. The number of sulfonamides is 1. The normalized spacial score (nSPS) is 14.4. The second-order valence-corrected chi connectivity index (χ2v) is 11.4. The molecule has 0 atom stereocenters. The second kappa shape index (κ2) is 11.9. The minimum atomic E-state index is -4.02. The van der Waals surface area contributed by atoms with Crippen molar-refractivity contribution in [3.8, 4) is 0 Å². The number of rotatable bonds is 9. The summed E-state index contributed by atoms with van der Waals surface area (Å²) in [5.41, 5.74) is 3.41. The fourth-order valence-corrected chi connectivity index (χ4v) is 6.14. The smallest absolute Gasteiger partial charge is 0.264 e. The highest BCUT2D eigenvalue weighted by molar-refractivity contribution is 7.92. The Morgan fingerprint density at radius 1 is 0.917 bits per heavy atom. The highest BCUT2D eigenvalue weighted by Crippen LogP contribution is 2.30. The molecule has 0 bridgehead atoms. The lowest BCUT2D eigenvalue weighted by Gasteiger charge is -2.27. The Morgan fingerprint density at radius 2 is 1.56 bits per heavy atom. The molecule has 1 heterocycles. The number of nitrogens with zero attached hydrogens (tertiary/aromatic N) is 2. The molecule has 0 aliphatic carbocycles. The summed E-state index contributed by atoms with van der Waals surface area (Å²) < 4.78 is 28.2. The predicted molar refractivity (Wildman–Crippen MR) is 145 cm³/mol. The van der Waals surface area contributed by atoms with Gasteiger partial charge in [0.15, 0.2) is 0 Å². The molecule has 8 heteroatoms. The lowest BCUT2D eigenvalue weighted by atomic mass is 10.0. The molecule has 4 rings (SSSR count). The molecule has 0 spiro atoms. The monoisotopic (exact) mass is 525 g/mol. The molecule has 3 aromatic rings. The SMILES string of the molecule is Cc1ccc(S(=O)(=O)N(CC(=O)NCc2ccccc2CN2CCCCC2)c2ccccc2Cl)cc1. The van der Waals surface area contributed by atoms with Crippen LogP contribution in [-0.4, -0.2) is 38.9 Å². The third kappa shape index (κ3) is 6.46. The van der Waals surface area contributed by atoms with E-state index >= 15 is 0 Å². The van der Waals surface area contributed by atoms with Crippen molar-refractivity contribution in [2.75, 3.05) is 23.9 Å². The van der Waals surface area contributed by atoms with Gasteiger partial charge in [0, 0.05) is 13.1 Å². The molecular formula is C28H32ClN3O3S. The molecule has 36 heavy (non-hydrogen) atoms. The van der Waals surface area contributed by atoms with E-state index in [-0.39, 0.29) is 22.2 Å². The number of nitrogens with one attached hydrogen (secondary N) is 1. The Hall–Kier alpha value is -2.87. The molecule has 1 aliphatic heterocycles. The van der Waals surface area contributed by atoms with Crippen molar-refractivity contribution < 1.29 is 13.2 Å². The van der Waals surface area contributed by atoms with Crippen LogP contribution in [0.3, 0.4) is 0 Å². The van der Waals surface area contributed by atoms with Crippen molar-refractivity contribution in [1.82, 2.24) is 10.2 Å². The molecule has 0 radical (unpaired) electrons. The van der Waals surface area contributed by atoms with Crippen LogP contribution >= 0.6 is 11.6 Å². The Morgan fingerprint density at radius 3 is 2.25 bits per heavy atom. The lowest BCUT2D eigenvalue weighted by Crippen LogP contribution is -2.41. The molecule has 6 nitrogen and oxygen atoms in total. The molecule has 190 valence electrons. The first-order chi connectivity index (χ1) is 17.3. The van der Waals surface area contributed by atoms with E-state index in [4.69, 9.17) is 11.6 Å². The quantitative estimate of drug-likeness (QED) is 0.419. The van der Waals surface area contributed by atoms with Gasteiger partial charge >= 0.3 is 0 Å². The van der Waals surface area contributed by atoms with Gasteiger partial charge in [0.1, 0.15) is 6.54 Å².